The first-order valence-corrected chi connectivity index (χ1v) is 12.1. The number of rotatable bonds is 7. The van der Waals surface area contributed by atoms with E-state index >= 15 is 0 Å². The number of hydrogen-bond donors (Lipinski definition) is 1. The fraction of sp³-hybridized carbons (Fsp3) is 0.346. The second-order valence-electron chi connectivity index (χ2n) is 8.55. The molecule has 4 rings (SSSR count). The highest BCUT2D eigenvalue weighted by Gasteiger charge is 2.41. The zero-order valence-electron chi connectivity index (χ0n) is 19.8. The van der Waals surface area contributed by atoms with Gasteiger partial charge in [-0.15, -0.1) is 0 Å². The Hall–Kier alpha value is -2.90. The van der Waals surface area contributed by atoms with Crippen molar-refractivity contribution < 1.29 is 9.53 Å². The Labute approximate surface area is 210 Å². The first kappa shape index (κ1) is 24.2. The molecule has 1 aromatic carbocycles. The zero-order chi connectivity index (χ0) is 24.4. The number of aromatic nitrogens is 2. The second kappa shape index (κ2) is 10.2. The van der Waals surface area contributed by atoms with Gasteiger partial charge < -0.3 is 19.5 Å². The van der Waals surface area contributed by atoms with E-state index in [2.05, 4.69) is 45.7 Å². The molecule has 3 aromatic rings. The van der Waals surface area contributed by atoms with Gasteiger partial charge in [0.15, 0.2) is 5.11 Å². The predicted octanol–water partition coefficient (Wildman–Crippen LogP) is 5.38. The molecule has 2 unspecified atom stereocenters. The number of halogens is 1. The number of benzene rings is 1. The Morgan fingerprint density at radius 2 is 2.00 bits per heavy atom. The Morgan fingerprint density at radius 1 is 1.21 bits per heavy atom. The van der Waals surface area contributed by atoms with Crippen LogP contribution in [0.5, 0.6) is 0 Å². The number of ether oxygens (including phenoxy) is 1. The number of carbonyl (C=O) groups excluding carboxylic acids is 1. The van der Waals surface area contributed by atoms with Crippen LogP contribution in [-0.4, -0.2) is 39.2 Å². The van der Waals surface area contributed by atoms with Crippen molar-refractivity contribution in [3.05, 3.63) is 81.9 Å². The summed E-state index contributed by atoms with van der Waals surface area (Å²) in [7, 11) is 1.41. The van der Waals surface area contributed by atoms with Gasteiger partial charge in [0, 0.05) is 41.3 Å². The van der Waals surface area contributed by atoms with E-state index in [1.165, 1.54) is 7.11 Å². The number of hydrogen-bond acceptors (Lipinski definition) is 4. The Kier molecular flexibility index (Phi) is 7.24. The van der Waals surface area contributed by atoms with Crippen molar-refractivity contribution in [2.75, 3.05) is 13.7 Å². The summed E-state index contributed by atoms with van der Waals surface area (Å²) in [5, 5.41) is 4.89. The van der Waals surface area contributed by atoms with E-state index < -0.39 is 0 Å². The van der Waals surface area contributed by atoms with Crippen LogP contribution in [0.25, 0.3) is 5.69 Å². The Balaban J connectivity index is 1.78. The largest absolute Gasteiger partial charge is 0.469 e. The van der Waals surface area contributed by atoms with Gasteiger partial charge in [-0.1, -0.05) is 23.7 Å². The van der Waals surface area contributed by atoms with Gasteiger partial charge >= 0.3 is 5.97 Å². The first-order valence-electron chi connectivity index (χ1n) is 11.3. The van der Waals surface area contributed by atoms with Gasteiger partial charge in [0.05, 0.1) is 24.9 Å². The smallest absolute Gasteiger partial charge is 0.305 e. The van der Waals surface area contributed by atoms with Gasteiger partial charge in [0.25, 0.3) is 0 Å². The molecule has 0 radical (unpaired) electrons. The minimum Gasteiger partial charge on any atom is -0.469 e. The van der Waals surface area contributed by atoms with E-state index in [-0.39, 0.29) is 18.1 Å². The number of nitrogens with zero attached hydrogens (tertiary/aromatic N) is 3. The first-order chi connectivity index (χ1) is 16.3. The average molecular weight is 497 g/mol. The molecule has 2 atom stereocenters. The molecule has 2 aromatic heterocycles. The maximum atomic E-state index is 11.7. The van der Waals surface area contributed by atoms with Gasteiger partial charge in [0.2, 0.25) is 0 Å². The lowest BCUT2D eigenvalue weighted by atomic mass is 9.96. The van der Waals surface area contributed by atoms with E-state index in [4.69, 9.17) is 28.6 Å². The third-order valence-corrected chi connectivity index (χ3v) is 7.24. The van der Waals surface area contributed by atoms with Crippen LogP contribution in [0.1, 0.15) is 53.1 Å². The molecular weight excluding hydrogens is 468 g/mol. The number of pyridine rings is 1. The topological polar surface area (TPSA) is 59.4 Å². The summed E-state index contributed by atoms with van der Waals surface area (Å²) >= 11 is 12.2. The molecule has 0 bridgehead atoms. The fourth-order valence-corrected chi connectivity index (χ4v) is 5.28. The van der Waals surface area contributed by atoms with Crippen molar-refractivity contribution >= 4 is 34.9 Å². The number of methoxy groups -OCH3 is 1. The lowest BCUT2D eigenvalue weighted by Gasteiger charge is -2.28. The molecule has 1 N–H and O–H groups in total. The molecule has 1 aliphatic rings. The summed E-state index contributed by atoms with van der Waals surface area (Å²) in [5.74, 6) is -0.217. The van der Waals surface area contributed by atoms with E-state index in [0.717, 1.165) is 38.9 Å². The lowest BCUT2D eigenvalue weighted by molar-refractivity contribution is -0.140. The second-order valence-corrected chi connectivity index (χ2v) is 9.34. The quantitative estimate of drug-likeness (QED) is 0.350. The highest BCUT2D eigenvalue weighted by molar-refractivity contribution is 7.80. The highest BCUT2D eigenvalue weighted by Crippen LogP contribution is 2.42. The third-order valence-electron chi connectivity index (χ3n) is 6.47. The van der Waals surface area contributed by atoms with Crippen LogP contribution in [0.15, 0.2) is 48.7 Å². The van der Waals surface area contributed by atoms with E-state index in [1.54, 1.807) is 6.20 Å². The van der Waals surface area contributed by atoms with Gasteiger partial charge in [-0.3, -0.25) is 9.78 Å². The minimum absolute atomic E-state index is 0.0699. The molecule has 3 heterocycles. The number of aryl methyl sites for hydroxylation is 1. The van der Waals surface area contributed by atoms with Crippen molar-refractivity contribution in [1.82, 2.24) is 19.8 Å². The van der Waals surface area contributed by atoms with Crippen LogP contribution in [0, 0.1) is 20.8 Å². The molecule has 0 aliphatic carbocycles. The third kappa shape index (κ3) is 4.55. The maximum absolute atomic E-state index is 11.7. The Bertz CT molecular complexity index is 1210. The van der Waals surface area contributed by atoms with Crippen molar-refractivity contribution in [2.24, 2.45) is 0 Å². The number of carbonyl (C=O) groups is 1. The fourth-order valence-electron chi connectivity index (χ4n) is 4.78. The maximum Gasteiger partial charge on any atom is 0.305 e. The normalized spacial score (nSPS) is 17.7. The summed E-state index contributed by atoms with van der Waals surface area (Å²) in [5.41, 5.74) is 6.43. The number of thiocarbonyl (C=S) groups is 1. The number of esters is 1. The summed E-state index contributed by atoms with van der Waals surface area (Å²) < 4.78 is 7.07. The molecule has 1 aliphatic heterocycles. The van der Waals surface area contributed by atoms with Gasteiger partial charge in [-0.05, 0) is 80.9 Å². The molecule has 0 amide bonds. The zero-order valence-corrected chi connectivity index (χ0v) is 21.4. The van der Waals surface area contributed by atoms with Crippen LogP contribution >= 0.6 is 23.8 Å². The van der Waals surface area contributed by atoms with E-state index in [0.29, 0.717) is 24.5 Å². The molecule has 34 heavy (non-hydrogen) atoms. The highest BCUT2D eigenvalue weighted by atomic mass is 35.5. The average Bonchev–Trinajstić information content (AvgIpc) is 3.31. The van der Waals surface area contributed by atoms with Crippen molar-refractivity contribution in [3.8, 4) is 5.69 Å². The van der Waals surface area contributed by atoms with Crippen LogP contribution < -0.4 is 5.32 Å². The van der Waals surface area contributed by atoms with Gasteiger partial charge in [-0.2, -0.15) is 0 Å². The van der Waals surface area contributed by atoms with Crippen LogP contribution in [0.3, 0.4) is 0 Å². The summed E-state index contributed by atoms with van der Waals surface area (Å²) in [6.07, 6.45) is 2.79. The summed E-state index contributed by atoms with van der Waals surface area (Å²) in [6.45, 7) is 6.91. The molecule has 6 nitrogen and oxygen atoms in total. The molecule has 1 fully saturated rings. The molecular formula is C26H29ClN4O2S. The van der Waals surface area contributed by atoms with Crippen molar-refractivity contribution in [3.63, 3.8) is 0 Å². The molecule has 0 saturated carbocycles. The van der Waals surface area contributed by atoms with Crippen LogP contribution in [-0.2, 0) is 9.53 Å². The minimum atomic E-state index is -0.217. The monoisotopic (exact) mass is 496 g/mol. The summed E-state index contributed by atoms with van der Waals surface area (Å²) in [4.78, 5) is 18.5. The van der Waals surface area contributed by atoms with Gasteiger partial charge in [-0.25, -0.2) is 0 Å². The molecule has 0 spiro atoms. The molecule has 1 saturated heterocycles. The molecule has 8 heteroatoms. The van der Waals surface area contributed by atoms with Gasteiger partial charge in [0.1, 0.15) is 0 Å². The van der Waals surface area contributed by atoms with Crippen LogP contribution in [0.2, 0.25) is 5.02 Å². The van der Waals surface area contributed by atoms with E-state index in [9.17, 15) is 4.79 Å². The number of nitrogens with one attached hydrogen (secondary N) is 1. The van der Waals surface area contributed by atoms with E-state index in [1.807, 2.05) is 37.3 Å². The SMILES string of the molecule is COC(=O)CCCN1C(=S)NC(c2ccccn2)C1c1cc(C)n(-c2cccc(Cl)c2C)c1C. The molecule has 178 valence electrons. The lowest BCUT2D eigenvalue weighted by Crippen LogP contribution is -2.31. The van der Waals surface area contributed by atoms with Crippen LogP contribution in [0.4, 0.5) is 0 Å². The summed E-state index contributed by atoms with van der Waals surface area (Å²) in [6, 6.07) is 13.9. The Morgan fingerprint density at radius 3 is 2.71 bits per heavy atom. The standard InChI is InChI=1S/C26H29ClN4O2S/c1-16-15-19(18(3)31(16)22-11-7-9-20(27)17(22)2)25-24(21-10-5-6-13-28-21)29-26(34)30(25)14-8-12-23(32)33-4/h5-7,9-11,13,15,24-25H,8,12,14H2,1-4H3,(H,29,34). The predicted molar refractivity (Wildman–Crippen MR) is 138 cm³/mol. The van der Waals surface area contributed by atoms with Crippen molar-refractivity contribution in [1.29, 1.82) is 0 Å². The van der Waals surface area contributed by atoms with Crippen molar-refractivity contribution in [2.45, 2.75) is 45.7 Å².